The Balaban J connectivity index is 1.91. The maximum atomic E-state index is 12.6. The van der Waals surface area contributed by atoms with E-state index in [1.54, 1.807) is 13.0 Å². The van der Waals surface area contributed by atoms with Gasteiger partial charge in [-0.1, -0.05) is 37.3 Å². The molecule has 0 aliphatic heterocycles. The van der Waals surface area contributed by atoms with Gasteiger partial charge in [-0.15, -0.1) is 11.3 Å². The van der Waals surface area contributed by atoms with Gasteiger partial charge in [0.1, 0.15) is 10.4 Å². The van der Waals surface area contributed by atoms with Gasteiger partial charge in [-0.2, -0.15) is 5.10 Å². The minimum atomic E-state index is -1.28. The number of benzene rings is 1. The zero-order valence-electron chi connectivity index (χ0n) is 14.9. The van der Waals surface area contributed by atoms with Crippen LogP contribution >= 0.6 is 11.3 Å². The number of nitrogens with one attached hydrogen (secondary N) is 1. The Bertz CT molecular complexity index is 961. The molecule has 2 aromatic heterocycles. The van der Waals surface area contributed by atoms with Crippen LogP contribution in [0.5, 0.6) is 0 Å². The Hall–Kier alpha value is -2.67. The number of nitrogens with zero attached hydrogens (tertiary/aromatic N) is 2. The SMILES string of the molecule is CCC(C)(NC(=O)c1cc2c(C)nn(Cc3ccccc3)c2s1)C(=O)O. The summed E-state index contributed by atoms with van der Waals surface area (Å²) in [6.07, 6.45) is 0.305. The summed E-state index contributed by atoms with van der Waals surface area (Å²) < 4.78 is 1.89. The Labute approximate surface area is 155 Å². The van der Waals surface area contributed by atoms with Crippen molar-refractivity contribution in [3.05, 3.63) is 52.5 Å². The number of carboxylic acids is 1. The van der Waals surface area contributed by atoms with Crippen LogP contribution in [0, 0.1) is 6.92 Å². The van der Waals surface area contributed by atoms with Crippen molar-refractivity contribution in [3.63, 3.8) is 0 Å². The van der Waals surface area contributed by atoms with E-state index in [0.29, 0.717) is 17.8 Å². The van der Waals surface area contributed by atoms with Gasteiger partial charge >= 0.3 is 5.97 Å². The molecule has 1 atom stereocenters. The first-order valence-corrected chi connectivity index (χ1v) is 9.22. The van der Waals surface area contributed by atoms with Crippen molar-refractivity contribution in [2.24, 2.45) is 0 Å². The lowest BCUT2D eigenvalue weighted by molar-refractivity contribution is -0.143. The molecule has 0 spiro atoms. The first kappa shape index (κ1) is 18.1. The van der Waals surface area contributed by atoms with Gasteiger partial charge in [0.2, 0.25) is 0 Å². The molecule has 0 saturated carbocycles. The molecule has 1 amide bonds. The number of carbonyl (C=O) groups excluding carboxylic acids is 1. The molecule has 0 saturated heterocycles. The molecule has 0 aliphatic carbocycles. The highest BCUT2D eigenvalue weighted by Gasteiger charge is 2.33. The summed E-state index contributed by atoms with van der Waals surface area (Å²) in [4.78, 5) is 25.4. The molecule has 0 radical (unpaired) electrons. The van der Waals surface area contributed by atoms with Gasteiger partial charge in [0.05, 0.1) is 17.1 Å². The number of hydrogen-bond acceptors (Lipinski definition) is 4. The van der Waals surface area contributed by atoms with Crippen molar-refractivity contribution in [1.82, 2.24) is 15.1 Å². The molecule has 1 aromatic carbocycles. The van der Waals surface area contributed by atoms with Gasteiger partial charge in [-0.3, -0.25) is 9.48 Å². The van der Waals surface area contributed by atoms with E-state index in [-0.39, 0.29) is 5.91 Å². The van der Waals surface area contributed by atoms with Crippen LogP contribution in [0.4, 0.5) is 0 Å². The molecule has 26 heavy (non-hydrogen) atoms. The van der Waals surface area contributed by atoms with Crippen molar-refractivity contribution in [1.29, 1.82) is 0 Å². The topological polar surface area (TPSA) is 84.2 Å². The van der Waals surface area contributed by atoms with Crippen LogP contribution in [0.25, 0.3) is 10.2 Å². The van der Waals surface area contributed by atoms with Crippen LogP contribution in [0.3, 0.4) is 0 Å². The molecule has 3 rings (SSSR count). The predicted octanol–water partition coefficient (Wildman–Crippen LogP) is 3.44. The smallest absolute Gasteiger partial charge is 0.329 e. The summed E-state index contributed by atoms with van der Waals surface area (Å²) in [6.45, 7) is 5.78. The van der Waals surface area contributed by atoms with E-state index >= 15 is 0 Å². The van der Waals surface area contributed by atoms with Crippen LogP contribution in [-0.4, -0.2) is 32.3 Å². The first-order valence-electron chi connectivity index (χ1n) is 8.41. The van der Waals surface area contributed by atoms with Crippen LogP contribution < -0.4 is 5.32 Å². The zero-order valence-corrected chi connectivity index (χ0v) is 15.8. The number of carboxylic acid groups (broad SMARTS) is 1. The standard InChI is InChI=1S/C19H21N3O3S/c1-4-19(3,18(24)25)20-16(23)15-10-14-12(2)21-22(17(14)26-15)11-13-8-6-5-7-9-13/h5-10H,4,11H2,1-3H3,(H,20,23)(H,24,25). The van der Waals surface area contributed by atoms with Crippen LogP contribution in [0.1, 0.15) is 41.2 Å². The Morgan fingerprint density at radius 1 is 1.31 bits per heavy atom. The van der Waals surface area contributed by atoms with Crippen molar-refractivity contribution in [2.75, 3.05) is 0 Å². The number of aliphatic carboxylic acids is 1. The number of amides is 1. The van der Waals surface area contributed by atoms with Gasteiger partial charge in [-0.05, 0) is 31.9 Å². The van der Waals surface area contributed by atoms with E-state index in [1.165, 1.54) is 18.3 Å². The van der Waals surface area contributed by atoms with E-state index in [1.807, 2.05) is 41.9 Å². The number of fused-ring (bicyclic) bond motifs is 1. The molecule has 0 aliphatic rings. The third kappa shape index (κ3) is 3.35. The van der Waals surface area contributed by atoms with E-state index in [4.69, 9.17) is 0 Å². The maximum Gasteiger partial charge on any atom is 0.329 e. The van der Waals surface area contributed by atoms with E-state index in [2.05, 4.69) is 10.4 Å². The second-order valence-corrected chi connectivity index (χ2v) is 7.53. The van der Waals surface area contributed by atoms with Crippen molar-refractivity contribution >= 4 is 33.4 Å². The molecule has 0 bridgehead atoms. The van der Waals surface area contributed by atoms with Gasteiger partial charge in [0.25, 0.3) is 5.91 Å². The highest BCUT2D eigenvalue weighted by molar-refractivity contribution is 7.20. The minimum absolute atomic E-state index is 0.305. The van der Waals surface area contributed by atoms with E-state index in [0.717, 1.165) is 21.5 Å². The van der Waals surface area contributed by atoms with E-state index in [9.17, 15) is 14.7 Å². The number of hydrogen-bond donors (Lipinski definition) is 2. The number of thiophene rings is 1. The molecule has 6 nitrogen and oxygen atoms in total. The second kappa shape index (κ2) is 6.92. The molecular weight excluding hydrogens is 350 g/mol. The lowest BCUT2D eigenvalue weighted by Gasteiger charge is -2.24. The van der Waals surface area contributed by atoms with Crippen LogP contribution in [-0.2, 0) is 11.3 Å². The average Bonchev–Trinajstić information content (AvgIpc) is 3.17. The van der Waals surface area contributed by atoms with Gasteiger partial charge in [0.15, 0.2) is 0 Å². The quantitative estimate of drug-likeness (QED) is 0.695. The monoisotopic (exact) mass is 371 g/mol. The summed E-state index contributed by atoms with van der Waals surface area (Å²) in [5.41, 5.74) is 0.696. The summed E-state index contributed by atoms with van der Waals surface area (Å²) in [5, 5.41) is 17.5. The van der Waals surface area contributed by atoms with Gasteiger partial charge < -0.3 is 10.4 Å². The van der Waals surface area contributed by atoms with Crippen LogP contribution in [0.2, 0.25) is 0 Å². The third-order valence-electron chi connectivity index (χ3n) is 4.57. The molecule has 2 N–H and O–H groups in total. The summed E-state index contributed by atoms with van der Waals surface area (Å²) >= 11 is 1.33. The molecular formula is C19H21N3O3S. The second-order valence-electron chi connectivity index (χ2n) is 6.50. The Morgan fingerprint density at radius 3 is 2.62 bits per heavy atom. The van der Waals surface area contributed by atoms with Crippen LogP contribution in [0.15, 0.2) is 36.4 Å². The molecule has 7 heteroatoms. The summed E-state index contributed by atoms with van der Waals surface area (Å²) in [7, 11) is 0. The van der Waals surface area contributed by atoms with Crippen molar-refractivity contribution < 1.29 is 14.7 Å². The average molecular weight is 371 g/mol. The lowest BCUT2D eigenvalue weighted by Crippen LogP contribution is -2.51. The molecule has 136 valence electrons. The maximum absolute atomic E-state index is 12.6. The normalized spacial score (nSPS) is 13.5. The molecule has 2 heterocycles. The Morgan fingerprint density at radius 2 is 2.00 bits per heavy atom. The van der Waals surface area contributed by atoms with Gasteiger partial charge in [0, 0.05) is 5.39 Å². The summed E-state index contributed by atoms with van der Waals surface area (Å²) in [6, 6.07) is 11.8. The number of carbonyl (C=O) groups is 2. The largest absolute Gasteiger partial charge is 0.480 e. The van der Waals surface area contributed by atoms with E-state index < -0.39 is 11.5 Å². The highest BCUT2D eigenvalue weighted by atomic mass is 32.1. The number of aromatic nitrogens is 2. The summed E-state index contributed by atoms with van der Waals surface area (Å²) in [5.74, 6) is -1.41. The minimum Gasteiger partial charge on any atom is -0.480 e. The first-order chi connectivity index (χ1) is 12.3. The third-order valence-corrected chi connectivity index (χ3v) is 5.72. The Kier molecular flexibility index (Phi) is 4.82. The number of aryl methyl sites for hydroxylation is 1. The zero-order chi connectivity index (χ0) is 18.9. The molecule has 0 fully saturated rings. The fourth-order valence-electron chi connectivity index (χ4n) is 2.69. The fraction of sp³-hybridized carbons (Fsp3) is 0.316. The lowest BCUT2D eigenvalue weighted by atomic mass is 9.99. The fourth-order valence-corrected chi connectivity index (χ4v) is 3.75. The van der Waals surface area contributed by atoms with Crippen molar-refractivity contribution in [2.45, 2.75) is 39.3 Å². The molecule has 3 aromatic rings. The van der Waals surface area contributed by atoms with Gasteiger partial charge in [-0.25, -0.2) is 4.79 Å². The highest BCUT2D eigenvalue weighted by Crippen LogP contribution is 2.29. The van der Waals surface area contributed by atoms with Crippen molar-refractivity contribution in [3.8, 4) is 0 Å². The molecule has 1 unspecified atom stereocenters. The predicted molar refractivity (Wildman–Crippen MR) is 102 cm³/mol. The number of rotatable bonds is 6.